The van der Waals surface area contributed by atoms with Crippen molar-refractivity contribution in [3.05, 3.63) is 0 Å². The molecule has 7 nitrogen and oxygen atoms in total. The summed E-state index contributed by atoms with van der Waals surface area (Å²) < 4.78 is 26.4. The van der Waals surface area contributed by atoms with Crippen LogP contribution in [0.1, 0.15) is 0 Å². The average molecular weight is 288 g/mol. The van der Waals surface area contributed by atoms with Crippen molar-refractivity contribution in [2.24, 2.45) is 5.14 Å². The number of rotatable bonds is 3. The maximum Gasteiger partial charge on any atom is 0.432 e. The molecule has 1 amide bonds. The first kappa shape index (κ1) is 14.0. The first-order valence-corrected chi connectivity index (χ1v) is 5.41. The van der Waals surface area contributed by atoms with Gasteiger partial charge in [-0.15, -0.1) is 4.28 Å². The third kappa shape index (κ3) is 10.1. The molecule has 14 heavy (non-hydrogen) atoms. The lowest BCUT2D eigenvalue weighted by Crippen LogP contribution is -2.32. The van der Waals surface area contributed by atoms with Gasteiger partial charge in [-0.2, -0.15) is 13.9 Å². The van der Waals surface area contributed by atoms with E-state index >= 15 is 0 Å². The van der Waals surface area contributed by atoms with Crippen LogP contribution in [0.3, 0.4) is 0 Å². The second kappa shape index (κ2) is 5.19. The lowest BCUT2D eigenvalue weighted by Gasteiger charge is -2.10. The lowest BCUT2D eigenvalue weighted by atomic mass is 10.8. The molecule has 0 aliphatic carbocycles. The van der Waals surface area contributed by atoms with Crippen molar-refractivity contribution in [3.8, 4) is 0 Å². The molecule has 3 N–H and O–H groups in total. The Balaban J connectivity index is 3.79. The quantitative estimate of drug-likeness (QED) is 0.570. The van der Waals surface area contributed by atoms with Crippen molar-refractivity contribution >= 4 is 51.2 Å². The zero-order valence-electron chi connectivity index (χ0n) is 6.37. The number of hydroxylamine groups is 1. The van der Waals surface area contributed by atoms with Crippen LogP contribution in [0.4, 0.5) is 4.79 Å². The lowest BCUT2D eigenvalue weighted by molar-refractivity contribution is 0.104. The molecular weight excluding hydrogens is 282 g/mol. The summed E-state index contributed by atoms with van der Waals surface area (Å²) in [6, 6.07) is 0. The normalized spacial score (nSPS) is 12.3. The van der Waals surface area contributed by atoms with E-state index in [0.717, 1.165) is 0 Å². The highest BCUT2D eigenvalue weighted by atomic mass is 35.6. The average Bonchev–Trinajstić information content (AvgIpc) is 1.94. The van der Waals surface area contributed by atoms with Crippen LogP contribution >= 0.6 is 34.8 Å². The summed E-state index contributed by atoms with van der Waals surface area (Å²) in [5, 5.41) is 4.37. The zero-order chi connectivity index (χ0) is 11.4. The standard InChI is InChI=1S/C3H5Cl3N2O5S/c4-3(5,6)1-12-2(9)8-13-14(7,10)11/h1H2,(H,8,9)(H2,7,10,11). The molecule has 0 aromatic heterocycles. The molecular formula is C3H5Cl3N2O5S. The first-order valence-electron chi connectivity index (χ1n) is 2.81. The first-order chi connectivity index (χ1) is 6.10. The third-order valence-corrected chi connectivity index (χ3v) is 1.25. The highest BCUT2D eigenvalue weighted by Gasteiger charge is 2.22. The van der Waals surface area contributed by atoms with Crippen LogP contribution in [-0.4, -0.2) is 24.9 Å². The van der Waals surface area contributed by atoms with E-state index in [0.29, 0.717) is 0 Å². The highest BCUT2D eigenvalue weighted by molar-refractivity contribution is 7.84. The van der Waals surface area contributed by atoms with E-state index in [9.17, 15) is 13.2 Å². The van der Waals surface area contributed by atoms with E-state index < -0.39 is 26.8 Å². The summed E-state index contributed by atoms with van der Waals surface area (Å²) in [6.07, 6.45) is -1.26. The van der Waals surface area contributed by atoms with Crippen molar-refractivity contribution in [1.29, 1.82) is 0 Å². The van der Waals surface area contributed by atoms with Crippen LogP contribution in [0.15, 0.2) is 0 Å². The number of amides is 1. The Morgan fingerprint density at radius 1 is 1.43 bits per heavy atom. The summed E-state index contributed by atoms with van der Waals surface area (Å²) in [4.78, 5) is 10.6. The zero-order valence-corrected chi connectivity index (χ0v) is 9.45. The smallest absolute Gasteiger partial charge is 0.432 e. The molecule has 0 radical (unpaired) electrons. The number of carbonyl (C=O) groups is 1. The van der Waals surface area contributed by atoms with Crippen molar-refractivity contribution in [2.45, 2.75) is 3.79 Å². The molecule has 0 unspecified atom stereocenters. The Hall–Kier alpha value is 0.01000. The number of hydrogen-bond acceptors (Lipinski definition) is 5. The molecule has 0 rings (SSSR count). The number of hydrogen-bond donors (Lipinski definition) is 2. The predicted octanol–water partition coefficient (Wildman–Crippen LogP) is 0.218. The molecule has 84 valence electrons. The monoisotopic (exact) mass is 286 g/mol. The molecule has 11 heteroatoms. The Kier molecular flexibility index (Phi) is 5.20. The minimum Gasteiger partial charge on any atom is -0.443 e. The van der Waals surface area contributed by atoms with E-state index in [1.54, 1.807) is 0 Å². The summed E-state index contributed by atoms with van der Waals surface area (Å²) in [6.45, 7) is -0.572. The molecule has 0 saturated heterocycles. The van der Waals surface area contributed by atoms with Crippen molar-refractivity contribution in [1.82, 2.24) is 5.48 Å². The van der Waals surface area contributed by atoms with Gasteiger partial charge in [0.2, 0.25) is 3.79 Å². The number of ether oxygens (including phenoxy) is 1. The number of halogens is 3. The van der Waals surface area contributed by atoms with Gasteiger partial charge in [0, 0.05) is 0 Å². The van der Waals surface area contributed by atoms with Crippen LogP contribution in [0.2, 0.25) is 0 Å². The van der Waals surface area contributed by atoms with Gasteiger partial charge in [-0.1, -0.05) is 34.8 Å². The number of carbonyl (C=O) groups excluding carboxylic acids is 1. The second-order valence-electron chi connectivity index (χ2n) is 1.87. The van der Waals surface area contributed by atoms with Crippen molar-refractivity contribution in [3.63, 3.8) is 0 Å². The Morgan fingerprint density at radius 2 is 1.93 bits per heavy atom. The maximum absolute atomic E-state index is 10.6. The van der Waals surface area contributed by atoms with Crippen molar-refractivity contribution < 1.29 is 22.2 Å². The summed E-state index contributed by atoms with van der Waals surface area (Å²) in [5.41, 5.74) is 1.35. The van der Waals surface area contributed by atoms with Gasteiger partial charge < -0.3 is 4.74 Å². The minimum absolute atomic E-state index is 0.572. The van der Waals surface area contributed by atoms with E-state index in [-0.39, 0.29) is 0 Å². The maximum atomic E-state index is 10.6. The van der Waals surface area contributed by atoms with Gasteiger partial charge in [-0.05, 0) is 0 Å². The molecule has 0 aromatic carbocycles. The topological polar surface area (TPSA) is 108 Å². The second-order valence-corrected chi connectivity index (χ2v) is 5.54. The van der Waals surface area contributed by atoms with Gasteiger partial charge in [0.05, 0.1) is 0 Å². The Morgan fingerprint density at radius 3 is 2.29 bits per heavy atom. The van der Waals surface area contributed by atoms with Gasteiger partial charge in [0.25, 0.3) is 0 Å². The summed E-state index contributed by atoms with van der Waals surface area (Å²) in [5.74, 6) is 0. The molecule has 0 aliphatic rings. The van der Waals surface area contributed by atoms with Crippen LogP contribution in [-0.2, 0) is 19.3 Å². The summed E-state index contributed by atoms with van der Waals surface area (Å²) >= 11 is 15.6. The van der Waals surface area contributed by atoms with E-state index in [1.807, 2.05) is 0 Å². The van der Waals surface area contributed by atoms with Crippen molar-refractivity contribution in [2.75, 3.05) is 6.61 Å². The summed E-state index contributed by atoms with van der Waals surface area (Å²) in [7, 11) is -4.28. The molecule has 0 heterocycles. The number of alkyl halides is 3. The number of nitrogens with one attached hydrogen (secondary N) is 1. The van der Waals surface area contributed by atoms with E-state index in [1.165, 1.54) is 5.48 Å². The van der Waals surface area contributed by atoms with Crippen LogP contribution < -0.4 is 10.6 Å². The Labute approximate surface area is 94.6 Å². The molecule has 0 atom stereocenters. The van der Waals surface area contributed by atoms with Gasteiger partial charge in [-0.25, -0.2) is 9.93 Å². The van der Waals surface area contributed by atoms with Crippen LogP contribution in [0.25, 0.3) is 0 Å². The van der Waals surface area contributed by atoms with Crippen LogP contribution in [0, 0.1) is 0 Å². The largest absolute Gasteiger partial charge is 0.443 e. The van der Waals surface area contributed by atoms with E-state index in [2.05, 4.69) is 14.2 Å². The van der Waals surface area contributed by atoms with Gasteiger partial charge in [0.1, 0.15) is 6.61 Å². The fourth-order valence-corrected chi connectivity index (χ4v) is 0.617. The molecule has 0 aromatic rings. The van der Waals surface area contributed by atoms with Gasteiger partial charge in [0.15, 0.2) is 0 Å². The minimum atomic E-state index is -4.28. The molecule has 0 bridgehead atoms. The predicted molar refractivity (Wildman–Crippen MR) is 49.0 cm³/mol. The fraction of sp³-hybridized carbons (Fsp3) is 0.667. The fourth-order valence-electron chi connectivity index (χ4n) is 0.269. The number of nitrogens with two attached hydrogens (primary N) is 1. The molecule has 0 fully saturated rings. The highest BCUT2D eigenvalue weighted by Crippen LogP contribution is 2.25. The SMILES string of the molecule is NS(=O)(=O)ONC(=O)OCC(Cl)(Cl)Cl. The molecule has 0 spiro atoms. The molecule has 0 saturated carbocycles. The van der Waals surface area contributed by atoms with E-state index in [4.69, 9.17) is 34.8 Å². The van der Waals surface area contributed by atoms with Gasteiger partial charge >= 0.3 is 16.4 Å². The third-order valence-electron chi connectivity index (χ3n) is 0.608. The van der Waals surface area contributed by atoms with Gasteiger partial charge in [-0.3, -0.25) is 0 Å². The molecule has 0 aliphatic heterocycles. The Bertz CT molecular complexity index is 298. The van der Waals surface area contributed by atoms with Crippen LogP contribution in [0.5, 0.6) is 0 Å².